The van der Waals surface area contributed by atoms with Gasteiger partial charge in [-0.1, -0.05) is 10.3 Å². The van der Waals surface area contributed by atoms with Gasteiger partial charge in [-0.05, 0) is 13.8 Å². The van der Waals surface area contributed by atoms with Gasteiger partial charge in [0, 0.05) is 38.3 Å². The van der Waals surface area contributed by atoms with Crippen molar-refractivity contribution in [2.45, 2.75) is 26.9 Å². The van der Waals surface area contributed by atoms with Crippen molar-refractivity contribution >= 4 is 0 Å². The fraction of sp³-hybridized carbons (Fsp3) is 0.571. The van der Waals surface area contributed by atoms with E-state index in [1.807, 2.05) is 26.0 Å². The maximum absolute atomic E-state index is 5.26. The number of nitrogens with zero attached hydrogens (tertiary/aromatic N) is 4. The summed E-state index contributed by atoms with van der Waals surface area (Å²) in [5.41, 5.74) is 1.89. The first kappa shape index (κ1) is 13.3. The summed E-state index contributed by atoms with van der Waals surface area (Å²) < 4.78 is 10.5. The summed E-state index contributed by atoms with van der Waals surface area (Å²) in [7, 11) is 0. The molecule has 0 unspecified atom stereocenters. The van der Waals surface area contributed by atoms with E-state index in [9.17, 15) is 0 Å². The third-order valence-corrected chi connectivity index (χ3v) is 3.58. The van der Waals surface area contributed by atoms with Gasteiger partial charge in [0.25, 0.3) is 0 Å². The summed E-state index contributed by atoms with van der Waals surface area (Å²) in [6, 6.07) is 4.01. The van der Waals surface area contributed by atoms with E-state index >= 15 is 0 Å². The second-order valence-corrected chi connectivity index (χ2v) is 5.42. The molecular weight excluding hydrogens is 256 g/mol. The van der Waals surface area contributed by atoms with Gasteiger partial charge >= 0.3 is 0 Å². The molecule has 0 amide bonds. The molecule has 0 bridgehead atoms. The van der Waals surface area contributed by atoms with Crippen molar-refractivity contribution in [2.24, 2.45) is 0 Å². The van der Waals surface area contributed by atoms with Crippen LogP contribution in [0.2, 0.25) is 0 Å². The van der Waals surface area contributed by atoms with Crippen LogP contribution in [0.5, 0.6) is 0 Å². The molecule has 1 aliphatic heterocycles. The molecule has 6 heteroatoms. The molecule has 0 aliphatic carbocycles. The Morgan fingerprint density at radius 2 is 1.25 bits per heavy atom. The van der Waals surface area contributed by atoms with Crippen molar-refractivity contribution in [1.29, 1.82) is 0 Å². The molecule has 0 atom stereocenters. The highest BCUT2D eigenvalue weighted by Gasteiger charge is 2.19. The molecule has 2 aromatic heterocycles. The normalized spacial score (nSPS) is 17.7. The molecule has 0 radical (unpaired) electrons. The monoisotopic (exact) mass is 276 g/mol. The van der Waals surface area contributed by atoms with Gasteiger partial charge in [-0.2, -0.15) is 0 Å². The van der Waals surface area contributed by atoms with E-state index in [4.69, 9.17) is 9.05 Å². The van der Waals surface area contributed by atoms with Gasteiger partial charge in [0.1, 0.15) is 0 Å². The fourth-order valence-corrected chi connectivity index (χ4v) is 2.53. The van der Waals surface area contributed by atoms with Crippen LogP contribution in [0.1, 0.15) is 22.9 Å². The molecule has 108 valence electrons. The maximum atomic E-state index is 5.26. The Bertz CT molecular complexity index is 505. The largest absolute Gasteiger partial charge is 0.360 e. The van der Waals surface area contributed by atoms with Gasteiger partial charge in [0.05, 0.1) is 24.5 Å². The second kappa shape index (κ2) is 5.76. The molecule has 3 rings (SSSR count). The van der Waals surface area contributed by atoms with Gasteiger partial charge in [-0.25, -0.2) is 0 Å². The predicted octanol–water partition coefficient (Wildman–Crippen LogP) is 1.60. The lowest BCUT2D eigenvalue weighted by molar-refractivity contribution is 0.106. The lowest BCUT2D eigenvalue weighted by Gasteiger charge is -2.33. The number of aromatic nitrogens is 2. The number of rotatable bonds is 4. The Morgan fingerprint density at radius 1 is 0.850 bits per heavy atom. The fourth-order valence-electron chi connectivity index (χ4n) is 2.53. The van der Waals surface area contributed by atoms with E-state index in [0.29, 0.717) is 0 Å². The molecule has 0 N–H and O–H groups in total. The highest BCUT2D eigenvalue weighted by Crippen LogP contribution is 2.12. The Balaban J connectivity index is 1.47. The minimum absolute atomic E-state index is 0.843. The molecule has 1 saturated heterocycles. The molecule has 0 saturated carbocycles. The zero-order chi connectivity index (χ0) is 13.9. The highest BCUT2D eigenvalue weighted by atomic mass is 16.5. The van der Waals surface area contributed by atoms with Crippen molar-refractivity contribution < 1.29 is 9.05 Å². The van der Waals surface area contributed by atoms with Gasteiger partial charge < -0.3 is 9.05 Å². The number of hydrogen-bond donors (Lipinski definition) is 0. The van der Waals surface area contributed by atoms with E-state index < -0.39 is 0 Å². The van der Waals surface area contributed by atoms with Crippen molar-refractivity contribution in [3.8, 4) is 0 Å². The Kier molecular flexibility index (Phi) is 3.84. The van der Waals surface area contributed by atoms with E-state index in [1.54, 1.807) is 0 Å². The average molecular weight is 276 g/mol. The minimum Gasteiger partial charge on any atom is -0.360 e. The van der Waals surface area contributed by atoms with Crippen LogP contribution in [0.25, 0.3) is 0 Å². The molecule has 1 fully saturated rings. The highest BCUT2D eigenvalue weighted by molar-refractivity contribution is 5.04. The zero-order valence-electron chi connectivity index (χ0n) is 12.0. The van der Waals surface area contributed by atoms with Crippen LogP contribution in [-0.4, -0.2) is 46.3 Å². The van der Waals surface area contributed by atoms with Crippen LogP contribution < -0.4 is 0 Å². The second-order valence-electron chi connectivity index (χ2n) is 5.42. The summed E-state index contributed by atoms with van der Waals surface area (Å²) in [5.74, 6) is 1.89. The predicted molar refractivity (Wildman–Crippen MR) is 73.0 cm³/mol. The number of hydrogen-bond acceptors (Lipinski definition) is 6. The number of piperazine rings is 1. The average Bonchev–Trinajstić information content (AvgIpc) is 3.01. The van der Waals surface area contributed by atoms with E-state index in [-0.39, 0.29) is 0 Å². The summed E-state index contributed by atoms with van der Waals surface area (Å²) in [6.07, 6.45) is 0. The smallest absolute Gasteiger partial charge is 0.150 e. The van der Waals surface area contributed by atoms with Gasteiger partial charge in [-0.3, -0.25) is 9.80 Å². The standard InChI is InChI=1S/C14H20N4O2/c1-11-7-13(19-15-11)9-17-3-5-18(6-4-17)10-14-8-12(2)16-20-14/h7-8H,3-6,9-10H2,1-2H3. The van der Waals surface area contributed by atoms with E-state index in [1.165, 1.54) is 0 Å². The molecule has 2 aromatic rings. The quantitative estimate of drug-likeness (QED) is 0.845. The maximum Gasteiger partial charge on any atom is 0.150 e. The molecule has 0 spiro atoms. The summed E-state index contributed by atoms with van der Waals surface area (Å²) in [6.45, 7) is 9.72. The van der Waals surface area contributed by atoms with Gasteiger partial charge in [-0.15, -0.1) is 0 Å². The lowest BCUT2D eigenvalue weighted by atomic mass is 10.2. The molecular formula is C14H20N4O2. The number of aryl methyl sites for hydroxylation is 2. The van der Waals surface area contributed by atoms with E-state index in [2.05, 4.69) is 20.1 Å². The molecule has 1 aliphatic rings. The topological polar surface area (TPSA) is 58.5 Å². The summed E-state index contributed by atoms with van der Waals surface area (Å²) >= 11 is 0. The first-order chi connectivity index (χ1) is 9.69. The molecule has 0 aromatic carbocycles. The van der Waals surface area contributed by atoms with E-state index in [0.717, 1.165) is 62.2 Å². The van der Waals surface area contributed by atoms with Crippen molar-refractivity contribution in [2.75, 3.05) is 26.2 Å². The van der Waals surface area contributed by atoms with Crippen LogP contribution in [-0.2, 0) is 13.1 Å². The van der Waals surface area contributed by atoms with Crippen LogP contribution in [0.4, 0.5) is 0 Å². The SMILES string of the molecule is Cc1cc(CN2CCN(Cc3cc(C)no3)CC2)on1. The van der Waals surface area contributed by atoms with Crippen LogP contribution >= 0.6 is 0 Å². The first-order valence-electron chi connectivity index (χ1n) is 6.98. The first-order valence-corrected chi connectivity index (χ1v) is 6.98. The third-order valence-electron chi connectivity index (χ3n) is 3.58. The molecule has 3 heterocycles. The molecule has 6 nitrogen and oxygen atoms in total. The molecule has 20 heavy (non-hydrogen) atoms. The van der Waals surface area contributed by atoms with Gasteiger partial charge in [0.2, 0.25) is 0 Å². The Morgan fingerprint density at radius 3 is 1.55 bits per heavy atom. The Hall–Kier alpha value is -1.66. The summed E-state index contributed by atoms with van der Waals surface area (Å²) in [5, 5.41) is 7.85. The minimum atomic E-state index is 0.843. The van der Waals surface area contributed by atoms with Crippen LogP contribution in [0, 0.1) is 13.8 Å². The van der Waals surface area contributed by atoms with Crippen LogP contribution in [0.15, 0.2) is 21.2 Å². The summed E-state index contributed by atoms with van der Waals surface area (Å²) in [4.78, 5) is 4.78. The lowest BCUT2D eigenvalue weighted by Crippen LogP contribution is -2.45. The Labute approximate surface area is 118 Å². The van der Waals surface area contributed by atoms with Crippen LogP contribution in [0.3, 0.4) is 0 Å². The third kappa shape index (κ3) is 3.26. The zero-order valence-corrected chi connectivity index (χ0v) is 12.0. The van der Waals surface area contributed by atoms with Crippen molar-refractivity contribution in [3.05, 3.63) is 35.0 Å². The van der Waals surface area contributed by atoms with Crippen molar-refractivity contribution in [3.63, 3.8) is 0 Å². The van der Waals surface area contributed by atoms with Crippen molar-refractivity contribution in [1.82, 2.24) is 20.1 Å². The van der Waals surface area contributed by atoms with Gasteiger partial charge in [0.15, 0.2) is 11.5 Å².